The van der Waals surface area contributed by atoms with Gasteiger partial charge in [0.25, 0.3) is 0 Å². The molecule has 2 rings (SSSR count). The molecule has 0 unspecified atom stereocenters. The number of hydrogen-bond donors (Lipinski definition) is 1. The fourth-order valence-electron chi connectivity index (χ4n) is 2.03. The lowest BCUT2D eigenvalue weighted by atomic mass is 9.82. The molecule has 2 N–H and O–H groups in total. The second kappa shape index (κ2) is 3.82. The van der Waals surface area contributed by atoms with Gasteiger partial charge in [-0.3, -0.25) is 0 Å². The van der Waals surface area contributed by atoms with Crippen LogP contribution in [0.15, 0.2) is 36.4 Å². The minimum absolute atomic E-state index is 0.297. The van der Waals surface area contributed by atoms with Crippen LogP contribution >= 0.6 is 0 Å². The minimum Gasteiger partial charge on any atom is -0.399 e. The maximum absolute atomic E-state index is 5.76. The molecule has 0 spiro atoms. The Morgan fingerprint density at radius 2 is 2.00 bits per heavy atom. The molecule has 1 aromatic carbocycles. The summed E-state index contributed by atoms with van der Waals surface area (Å²) in [4.78, 5) is 0. The number of nitrogens with two attached hydrogens (primary N) is 1. The van der Waals surface area contributed by atoms with Gasteiger partial charge in [-0.15, -0.1) is 0 Å². The molecule has 0 heterocycles. The zero-order chi connectivity index (χ0) is 11.8. The average Bonchev–Trinajstić information content (AvgIpc) is 2.19. The molecular formula is C15H19N. The van der Waals surface area contributed by atoms with Crippen molar-refractivity contribution >= 4 is 11.3 Å². The normalized spacial score (nSPS) is 18.3. The Labute approximate surface area is 97.7 Å². The first-order valence-corrected chi connectivity index (χ1v) is 5.74. The summed E-state index contributed by atoms with van der Waals surface area (Å²) in [5.74, 6) is 0. The minimum atomic E-state index is 0.297. The summed E-state index contributed by atoms with van der Waals surface area (Å²) < 4.78 is 0. The summed E-state index contributed by atoms with van der Waals surface area (Å²) in [6, 6.07) is 6.11. The first-order valence-electron chi connectivity index (χ1n) is 5.74. The van der Waals surface area contributed by atoms with Gasteiger partial charge in [-0.25, -0.2) is 0 Å². The molecule has 1 heteroatoms. The number of anilines is 1. The van der Waals surface area contributed by atoms with Crippen LogP contribution in [0, 0.1) is 12.3 Å². The van der Waals surface area contributed by atoms with Crippen molar-refractivity contribution < 1.29 is 0 Å². The quantitative estimate of drug-likeness (QED) is 0.702. The molecule has 0 radical (unpaired) electrons. The highest BCUT2D eigenvalue weighted by Gasteiger charge is 2.16. The molecule has 1 aliphatic carbocycles. The van der Waals surface area contributed by atoms with Gasteiger partial charge >= 0.3 is 0 Å². The van der Waals surface area contributed by atoms with Gasteiger partial charge in [0.15, 0.2) is 0 Å². The lowest BCUT2D eigenvalue weighted by molar-refractivity contribution is 0.485. The van der Waals surface area contributed by atoms with Crippen molar-refractivity contribution in [1.29, 1.82) is 0 Å². The van der Waals surface area contributed by atoms with E-state index >= 15 is 0 Å². The second-order valence-corrected chi connectivity index (χ2v) is 5.26. The average molecular weight is 213 g/mol. The van der Waals surface area contributed by atoms with Crippen LogP contribution in [0.1, 0.15) is 31.4 Å². The standard InChI is InChI=1S/C15H19N/c1-11-10-13(16)4-5-14(11)12-6-8-15(2,3)9-7-12/h4-8,10H,9,16H2,1-3H3. The Balaban J connectivity index is 2.34. The van der Waals surface area contributed by atoms with Gasteiger partial charge in [-0.05, 0) is 47.6 Å². The van der Waals surface area contributed by atoms with E-state index in [1.54, 1.807) is 0 Å². The summed E-state index contributed by atoms with van der Waals surface area (Å²) in [6.07, 6.45) is 7.93. The summed E-state index contributed by atoms with van der Waals surface area (Å²) in [6.45, 7) is 6.62. The van der Waals surface area contributed by atoms with Crippen molar-refractivity contribution in [3.63, 3.8) is 0 Å². The summed E-state index contributed by atoms with van der Waals surface area (Å²) in [7, 11) is 0. The van der Waals surface area contributed by atoms with Crippen LogP contribution in [-0.4, -0.2) is 0 Å². The molecule has 16 heavy (non-hydrogen) atoms. The molecule has 0 amide bonds. The zero-order valence-electron chi connectivity index (χ0n) is 10.2. The van der Waals surface area contributed by atoms with E-state index in [0.717, 1.165) is 12.1 Å². The third-order valence-corrected chi connectivity index (χ3v) is 3.12. The van der Waals surface area contributed by atoms with E-state index in [1.807, 2.05) is 12.1 Å². The number of benzene rings is 1. The Hall–Kier alpha value is -1.50. The maximum atomic E-state index is 5.76. The molecular weight excluding hydrogens is 194 g/mol. The van der Waals surface area contributed by atoms with Gasteiger partial charge in [0, 0.05) is 5.69 Å². The fraction of sp³-hybridized carbons (Fsp3) is 0.333. The van der Waals surface area contributed by atoms with Crippen molar-refractivity contribution in [3.8, 4) is 0 Å². The SMILES string of the molecule is Cc1cc(N)ccc1C1=CCC(C)(C)C=C1. The van der Waals surface area contributed by atoms with Crippen LogP contribution in [0.5, 0.6) is 0 Å². The molecule has 0 atom stereocenters. The first-order chi connectivity index (χ1) is 7.48. The summed E-state index contributed by atoms with van der Waals surface area (Å²) in [5, 5.41) is 0. The first kappa shape index (κ1) is 11.0. The van der Waals surface area contributed by atoms with Crippen molar-refractivity contribution in [2.75, 3.05) is 5.73 Å². The van der Waals surface area contributed by atoms with Gasteiger partial charge in [0.2, 0.25) is 0 Å². The molecule has 0 bridgehead atoms. The van der Waals surface area contributed by atoms with E-state index in [2.05, 4.69) is 45.1 Å². The predicted octanol–water partition coefficient (Wildman–Crippen LogP) is 3.95. The van der Waals surface area contributed by atoms with Crippen LogP contribution < -0.4 is 5.73 Å². The van der Waals surface area contributed by atoms with Gasteiger partial charge in [-0.2, -0.15) is 0 Å². The number of nitrogen functional groups attached to an aromatic ring is 1. The number of aryl methyl sites for hydroxylation is 1. The van der Waals surface area contributed by atoms with Gasteiger partial charge in [0.1, 0.15) is 0 Å². The summed E-state index contributed by atoms with van der Waals surface area (Å²) >= 11 is 0. The van der Waals surface area contributed by atoms with Crippen LogP contribution in [-0.2, 0) is 0 Å². The highest BCUT2D eigenvalue weighted by atomic mass is 14.5. The van der Waals surface area contributed by atoms with Crippen molar-refractivity contribution in [1.82, 2.24) is 0 Å². The largest absolute Gasteiger partial charge is 0.399 e. The highest BCUT2D eigenvalue weighted by Crippen LogP contribution is 2.33. The Bertz CT molecular complexity index is 464. The number of allylic oxidation sites excluding steroid dienone is 4. The van der Waals surface area contributed by atoms with Crippen LogP contribution in [0.3, 0.4) is 0 Å². The second-order valence-electron chi connectivity index (χ2n) is 5.26. The molecule has 1 aliphatic rings. The van der Waals surface area contributed by atoms with Crippen LogP contribution in [0.25, 0.3) is 5.57 Å². The van der Waals surface area contributed by atoms with E-state index in [1.165, 1.54) is 16.7 Å². The molecule has 0 saturated carbocycles. The van der Waals surface area contributed by atoms with Crippen molar-refractivity contribution in [2.24, 2.45) is 5.41 Å². The molecule has 1 aromatic rings. The summed E-state index contributed by atoms with van der Waals surface area (Å²) in [5.41, 5.74) is 10.7. The Kier molecular flexibility index (Phi) is 2.63. The maximum Gasteiger partial charge on any atom is 0.0317 e. The monoisotopic (exact) mass is 213 g/mol. The van der Waals surface area contributed by atoms with Crippen LogP contribution in [0.4, 0.5) is 5.69 Å². The topological polar surface area (TPSA) is 26.0 Å². The van der Waals surface area contributed by atoms with Crippen LogP contribution in [0.2, 0.25) is 0 Å². The third-order valence-electron chi connectivity index (χ3n) is 3.12. The molecule has 0 aromatic heterocycles. The lowest BCUT2D eigenvalue weighted by Gasteiger charge is -2.23. The fourth-order valence-corrected chi connectivity index (χ4v) is 2.03. The number of hydrogen-bond acceptors (Lipinski definition) is 1. The third kappa shape index (κ3) is 2.19. The van der Waals surface area contributed by atoms with Gasteiger partial charge < -0.3 is 5.73 Å². The predicted molar refractivity (Wildman–Crippen MR) is 71.1 cm³/mol. The molecule has 0 aliphatic heterocycles. The van der Waals surface area contributed by atoms with Gasteiger partial charge in [0.05, 0.1) is 0 Å². The van der Waals surface area contributed by atoms with Crippen molar-refractivity contribution in [3.05, 3.63) is 47.6 Å². The Morgan fingerprint density at radius 3 is 2.56 bits per heavy atom. The Morgan fingerprint density at radius 1 is 1.25 bits per heavy atom. The number of rotatable bonds is 1. The van der Waals surface area contributed by atoms with E-state index in [4.69, 9.17) is 5.73 Å². The smallest absolute Gasteiger partial charge is 0.0317 e. The zero-order valence-corrected chi connectivity index (χ0v) is 10.2. The highest BCUT2D eigenvalue weighted by molar-refractivity contribution is 5.77. The van der Waals surface area contributed by atoms with E-state index in [9.17, 15) is 0 Å². The molecule has 0 saturated heterocycles. The molecule has 1 nitrogen and oxygen atoms in total. The van der Waals surface area contributed by atoms with E-state index in [0.29, 0.717) is 5.41 Å². The van der Waals surface area contributed by atoms with Crippen molar-refractivity contribution in [2.45, 2.75) is 27.2 Å². The van der Waals surface area contributed by atoms with Gasteiger partial charge in [-0.1, -0.05) is 38.1 Å². The molecule has 0 fully saturated rings. The lowest BCUT2D eigenvalue weighted by Crippen LogP contribution is -2.09. The van der Waals surface area contributed by atoms with E-state index < -0.39 is 0 Å². The molecule has 84 valence electrons. The van der Waals surface area contributed by atoms with E-state index in [-0.39, 0.29) is 0 Å².